The van der Waals surface area contributed by atoms with E-state index < -0.39 is 0 Å². The Labute approximate surface area is 111 Å². The first-order valence-corrected chi connectivity index (χ1v) is 7.01. The van der Waals surface area contributed by atoms with E-state index in [0.29, 0.717) is 6.04 Å². The lowest BCUT2D eigenvalue weighted by Gasteiger charge is -2.22. The van der Waals surface area contributed by atoms with Gasteiger partial charge in [0.2, 0.25) is 0 Å². The minimum Gasteiger partial charge on any atom is -0.395 e. The molecule has 0 radical (unpaired) electrons. The van der Waals surface area contributed by atoms with E-state index in [1.54, 1.807) is 0 Å². The van der Waals surface area contributed by atoms with Gasteiger partial charge in [0.05, 0.1) is 22.5 Å². The van der Waals surface area contributed by atoms with Gasteiger partial charge in [0, 0.05) is 19.6 Å². The second kappa shape index (κ2) is 5.50. The molecule has 1 aromatic heterocycles. The SMILES string of the molecule is CCc1nn(C)c(CN2CCC[C@@H]2CO)c1Br. The fourth-order valence-corrected chi connectivity index (χ4v) is 3.24. The molecule has 0 bridgehead atoms. The van der Waals surface area contributed by atoms with E-state index in [2.05, 4.69) is 32.9 Å². The average molecular weight is 302 g/mol. The first-order chi connectivity index (χ1) is 8.17. The van der Waals surface area contributed by atoms with Gasteiger partial charge in [0.1, 0.15) is 0 Å². The highest BCUT2D eigenvalue weighted by molar-refractivity contribution is 9.10. The van der Waals surface area contributed by atoms with Gasteiger partial charge in [-0.05, 0) is 41.7 Å². The Balaban J connectivity index is 2.15. The molecule has 0 spiro atoms. The highest BCUT2D eigenvalue weighted by Crippen LogP contribution is 2.26. The van der Waals surface area contributed by atoms with Crippen molar-refractivity contribution in [1.29, 1.82) is 0 Å². The maximum atomic E-state index is 9.33. The van der Waals surface area contributed by atoms with Crippen LogP contribution >= 0.6 is 15.9 Å². The van der Waals surface area contributed by atoms with Gasteiger partial charge in [0.15, 0.2) is 0 Å². The summed E-state index contributed by atoms with van der Waals surface area (Å²) in [5.41, 5.74) is 2.32. The molecule has 1 aromatic rings. The minimum atomic E-state index is 0.260. The number of aromatic nitrogens is 2. The summed E-state index contributed by atoms with van der Waals surface area (Å²) in [6.07, 6.45) is 3.23. The topological polar surface area (TPSA) is 41.3 Å². The summed E-state index contributed by atoms with van der Waals surface area (Å²) >= 11 is 3.64. The molecule has 1 N–H and O–H groups in total. The van der Waals surface area contributed by atoms with Crippen molar-refractivity contribution in [2.24, 2.45) is 7.05 Å². The zero-order chi connectivity index (χ0) is 12.4. The van der Waals surface area contributed by atoms with Crippen LogP contribution in [0.4, 0.5) is 0 Å². The second-order valence-corrected chi connectivity index (χ2v) is 5.43. The summed E-state index contributed by atoms with van der Waals surface area (Å²) in [6, 6.07) is 0.321. The number of hydrogen-bond donors (Lipinski definition) is 1. The Hall–Kier alpha value is -0.390. The van der Waals surface area contributed by atoms with Gasteiger partial charge >= 0.3 is 0 Å². The first-order valence-electron chi connectivity index (χ1n) is 6.22. The third kappa shape index (κ3) is 2.56. The van der Waals surface area contributed by atoms with Gasteiger partial charge in [0.25, 0.3) is 0 Å². The molecule has 5 heteroatoms. The molecule has 2 heterocycles. The summed E-state index contributed by atoms with van der Waals surface area (Å²) in [5.74, 6) is 0. The third-order valence-electron chi connectivity index (χ3n) is 3.57. The Morgan fingerprint density at radius 3 is 2.88 bits per heavy atom. The molecule has 1 saturated heterocycles. The average Bonchev–Trinajstić information content (AvgIpc) is 2.88. The predicted octanol–water partition coefficient (Wildman–Crippen LogP) is 1.70. The Morgan fingerprint density at radius 1 is 1.53 bits per heavy atom. The highest BCUT2D eigenvalue weighted by atomic mass is 79.9. The summed E-state index contributed by atoms with van der Waals surface area (Å²) in [7, 11) is 1.99. The molecule has 1 aliphatic heterocycles. The minimum absolute atomic E-state index is 0.260. The van der Waals surface area contributed by atoms with Crippen molar-refractivity contribution in [1.82, 2.24) is 14.7 Å². The number of hydrogen-bond acceptors (Lipinski definition) is 3. The zero-order valence-corrected chi connectivity index (χ0v) is 12.1. The number of rotatable bonds is 4. The van der Waals surface area contributed by atoms with Gasteiger partial charge in [-0.3, -0.25) is 9.58 Å². The molecule has 2 rings (SSSR count). The van der Waals surface area contributed by atoms with Crippen molar-refractivity contribution >= 4 is 15.9 Å². The summed E-state index contributed by atoms with van der Waals surface area (Å²) in [6.45, 7) is 4.32. The molecule has 0 amide bonds. The van der Waals surface area contributed by atoms with E-state index in [4.69, 9.17) is 0 Å². The van der Waals surface area contributed by atoms with Gasteiger partial charge in [-0.2, -0.15) is 5.10 Å². The van der Waals surface area contributed by atoms with Crippen LogP contribution in [-0.4, -0.2) is 39.0 Å². The Bertz CT molecular complexity index is 391. The van der Waals surface area contributed by atoms with E-state index in [1.165, 1.54) is 12.1 Å². The van der Waals surface area contributed by atoms with E-state index in [0.717, 1.165) is 36.1 Å². The van der Waals surface area contributed by atoms with Crippen molar-refractivity contribution in [3.8, 4) is 0 Å². The number of nitrogens with zero attached hydrogens (tertiary/aromatic N) is 3. The lowest BCUT2D eigenvalue weighted by molar-refractivity contribution is 0.151. The molecule has 17 heavy (non-hydrogen) atoms. The van der Waals surface area contributed by atoms with Crippen LogP contribution in [0.3, 0.4) is 0 Å². The normalized spacial score (nSPS) is 21.3. The molecule has 96 valence electrons. The second-order valence-electron chi connectivity index (χ2n) is 4.63. The van der Waals surface area contributed by atoms with E-state index in [-0.39, 0.29) is 6.61 Å². The van der Waals surface area contributed by atoms with Crippen LogP contribution < -0.4 is 0 Å². The van der Waals surface area contributed by atoms with Gasteiger partial charge in [-0.1, -0.05) is 6.92 Å². The molecule has 0 aliphatic carbocycles. The number of halogens is 1. The fourth-order valence-electron chi connectivity index (χ4n) is 2.49. The van der Waals surface area contributed by atoms with Crippen LogP contribution in [0.1, 0.15) is 31.2 Å². The van der Waals surface area contributed by atoms with E-state index >= 15 is 0 Å². The molecule has 4 nitrogen and oxygen atoms in total. The van der Waals surface area contributed by atoms with E-state index in [9.17, 15) is 5.11 Å². The van der Waals surface area contributed by atoms with Crippen molar-refractivity contribution in [3.63, 3.8) is 0 Å². The number of aryl methyl sites for hydroxylation is 2. The van der Waals surface area contributed by atoms with Crippen LogP contribution in [0, 0.1) is 0 Å². The Morgan fingerprint density at radius 2 is 2.29 bits per heavy atom. The molecule has 0 aromatic carbocycles. The summed E-state index contributed by atoms with van der Waals surface area (Å²) in [5, 5.41) is 13.8. The molecular weight excluding hydrogens is 282 g/mol. The Kier molecular flexibility index (Phi) is 4.22. The molecule has 1 fully saturated rings. The van der Waals surface area contributed by atoms with Crippen LogP contribution in [0.2, 0.25) is 0 Å². The molecule has 0 saturated carbocycles. The number of aliphatic hydroxyl groups excluding tert-OH is 1. The van der Waals surface area contributed by atoms with Gasteiger partial charge in [-0.15, -0.1) is 0 Å². The largest absolute Gasteiger partial charge is 0.395 e. The van der Waals surface area contributed by atoms with Crippen molar-refractivity contribution in [3.05, 3.63) is 15.9 Å². The van der Waals surface area contributed by atoms with Crippen LogP contribution in [-0.2, 0) is 20.0 Å². The standard InChI is InChI=1S/C12H20BrN3O/c1-3-10-12(13)11(15(2)14-10)7-16-6-4-5-9(16)8-17/h9,17H,3-8H2,1-2H3/t9-/m1/s1. The fraction of sp³-hybridized carbons (Fsp3) is 0.750. The van der Waals surface area contributed by atoms with Crippen LogP contribution in [0.5, 0.6) is 0 Å². The van der Waals surface area contributed by atoms with Crippen molar-refractivity contribution < 1.29 is 5.11 Å². The molecule has 1 atom stereocenters. The zero-order valence-electron chi connectivity index (χ0n) is 10.5. The lowest BCUT2D eigenvalue weighted by atomic mass is 10.2. The quantitative estimate of drug-likeness (QED) is 0.920. The predicted molar refractivity (Wildman–Crippen MR) is 70.8 cm³/mol. The van der Waals surface area contributed by atoms with E-state index in [1.807, 2.05) is 11.7 Å². The van der Waals surface area contributed by atoms with Crippen molar-refractivity contribution in [2.45, 2.75) is 38.8 Å². The monoisotopic (exact) mass is 301 g/mol. The maximum absolute atomic E-state index is 9.33. The summed E-state index contributed by atoms with van der Waals surface area (Å²) < 4.78 is 3.08. The highest BCUT2D eigenvalue weighted by Gasteiger charge is 2.25. The molecule has 0 unspecified atom stereocenters. The number of aliphatic hydroxyl groups is 1. The molecule has 1 aliphatic rings. The van der Waals surface area contributed by atoms with Crippen LogP contribution in [0.25, 0.3) is 0 Å². The number of likely N-dealkylation sites (tertiary alicyclic amines) is 1. The van der Waals surface area contributed by atoms with Gasteiger partial charge < -0.3 is 5.11 Å². The smallest absolute Gasteiger partial charge is 0.0767 e. The van der Waals surface area contributed by atoms with Gasteiger partial charge in [-0.25, -0.2) is 0 Å². The third-order valence-corrected chi connectivity index (χ3v) is 4.48. The van der Waals surface area contributed by atoms with Crippen molar-refractivity contribution in [2.75, 3.05) is 13.2 Å². The molecular formula is C12H20BrN3O. The first kappa shape index (κ1) is 13.1. The summed E-state index contributed by atoms with van der Waals surface area (Å²) in [4.78, 5) is 2.35. The lowest BCUT2D eigenvalue weighted by Crippen LogP contribution is -2.32. The maximum Gasteiger partial charge on any atom is 0.0767 e. The van der Waals surface area contributed by atoms with Crippen LogP contribution in [0.15, 0.2) is 4.47 Å².